The largest absolute Gasteiger partial charge is 0.368 e. The second-order valence-electron chi connectivity index (χ2n) is 6.33. The van der Waals surface area contributed by atoms with E-state index in [1.807, 2.05) is 13.0 Å². The Morgan fingerprint density at radius 3 is 2.46 bits per heavy atom. The molecule has 1 unspecified atom stereocenters. The molecule has 2 amide bonds. The fraction of sp³-hybridized carbons (Fsp3) is 0.556. The average Bonchev–Trinajstić information content (AvgIpc) is 2.54. The number of carbonyl (C=O) groups is 2. The van der Waals surface area contributed by atoms with E-state index in [9.17, 15) is 14.0 Å². The van der Waals surface area contributed by atoms with E-state index in [1.165, 1.54) is 31.4 Å². The van der Waals surface area contributed by atoms with E-state index >= 15 is 0 Å². The lowest BCUT2D eigenvalue weighted by molar-refractivity contribution is -0.126. The minimum absolute atomic E-state index is 0.128. The first-order valence-corrected chi connectivity index (χ1v) is 8.42. The monoisotopic (exact) mass is 337 g/mol. The molecule has 24 heavy (non-hydrogen) atoms. The Bertz CT molecular complexity index is 514. The van der Waals surface area contributed by atoms with Crippen molar-refractivity contribution < 1.29 is 14.0 Å². The van der Waals surface area contributed by atoms with Gasteiger partial charge in [0, 0.05) is 0 Å². The Morgan fingerprint density at radius 2 is 1.96 bits per heavy atom. The SMILES string of the molecule is Cc1cccc(F)c1.NC(=O)CNC(=O)C(N)CC1CCCCC1. The summed E-state index contributed by atoms with van der Waals surface area (Å²) >= 11 is 0. The van der Waals surface area contributed by atoms with Crippen molar-refractivity contribution in [3.63, 3.8) is 0 Å². The van der Waals surface area contributed by atoms with Crippen LogP contribution in [0.1, 0.15) is 44.1 Å². The van der Waals surface area contributed by atoms with Crippen LogP contribution in [-0.2, 0) is 9.59 Å². The molecular formula is C18H28FN3O2. The third kappa shape index (κ3) is 8.62. The molecule has 1 aromatic rings. The lowest BCUT2D eigenvalue weighted by atomic mass is 9.85. The number of halogens is 1. The molecule has 1 atom stereocenters. The summed E-state index contributed by atoms with van der Waals surface area (Å²) < 4.78 is 12.2. The van der Waals surface area contributed by atoms with Crippen LogP contribution in [0.25, 0.3) is 0 Å². The fourth-order valence-corrected chi connectivity index (χ4v) is 2.80. The van der Waals surface area contributed by atoms with Crippen molar-refractivity contribution in [1.82, 2.24) is 5.32 Å². The molecule has 5 N–H and O–H groups in total. The summed E-state index contributed by atoms with van der Waals surface area (Å²) in [6.45, 7) is 1.74. The highest BCUT2D eigenvalue weighted by atomic mass is 19.1. The number of benzene rings is 1. The van der Waals surface area contributed by atoms with Crippen LogP contribution in [0.3, 0.4) is 0 Å². The molecule has 1 aliphatic carbocycles. The van der Waals surface area contributed by atoms with Gasteiger partial charge in [0.25, 0.3) is 0 Å². The van der Waals surface area contributed by atoms with Crippen molar-refractivity contribution >= 4 is 11.8 Å². The van der Waals surface area contributed by atoms with Crippen LogP contribution in [0.4, 0.5) is 4.39 Å². The number of amides is 2. The summed E-state index contributed by atoms with van der Waals surface area (Å²) in [5.41, 5.74) is 11.7. The third-order valence-electron chi connectivity index (χ3n) is 4.07. The second-order valence-corrected chi connectivity index (χ2v) is 6.33. The van der Waals surface area contributed by atoms with Gasteiger partial charge >= 0.3 is 0 Å². The summed E-state index contributed by atoms with van der Waals surface area (Å²) in [4.78, 5) is 22.0. The van der Waals surface area contributed by atoms with E-state index in [0.717, 1.165) is 18.4 Å². The van der Waals surface area contributed by atoms with Crippen molar-refractivity contribution in [2.24, 2.45) is 17.4 Å². The Hall–Kier alpha value is -1.95. The van der Waals surface area contributed by atoms with E-state index in [4.69, 9.17) is 11.5 Å². The Morgan fingerprint density at radius 1 is 1.29 bits per heavy atom. The molecular weight excluding hydrogens is 309 g/mol. The highest BCUT2D eigenvalue weighted by Crippen LogP contribution is 2.26. The molecule has 0 aliphatic heterocycles. The molecule has 1 saturated carbocycles. The second kappa shape index (κ2) is 10.8. The first-order valence-electron chi connectivity index (χ1n) is 8.42. The van der Waals surface area contributed by atoms with E-state index in [1.54, 1.807) is 6.07 Å². The zero-order chi connectivity index (χ0) is 17.9. The minimum Gasteiger partial charge on any atom is -0.368 e. The van der Waals surface area contributed by atoms with Gasteiger partial charge in [0.15, 0.2) is 0 Å². The van der Waals surface area contributed by atoms with Crippen LogP contribution in [0.5, 0.6) is 0 Å². The lowest BCUT2D eigenvalue weighted by Crippen LogP contribution is -2.44. The number of nitrogens with one attached hydrogen (secondary N) is 1. The van der Waals surface area contributed by atoms with Crippen LogP contribution in [-0.4, -0.2) is 24.4 Å². The molecule has 1 aromatic carbocycles. The molecule has 2 rings (SSSR count). The average molecular weight is 337 g/mol. The van der Waals surface area contributed by atoms with Gasteiger partial charge in [-0.25, -0.2) is 4.39 Å². The molecule has 0 saturated heterocycles. The molecule has 0 bridgehead atoms. The highest BCUT2D eigenvalue weighted by molar-refractivity contribution is 5.86. The van der Waals surface area contributed by atoms with Crippen molar-refractivity contribution in [3.05, 3.63) is 35.6 Å². The maximum atomic E-state index is 12.2. The van der Waals surface area contributed by atoms with Crippen molar-refractivity contribution in [2.75, 3.05) is 6.54 Å². The zero-order valence-electron chi connectivity index (χ0n) is 14.3. The van der Waals surface area contributed by atoms with E-state index in [-0.39, 0.29) is 18.3 Å². The van der Waals surface area contributed by atoms with Gasteiger partial charge in [0.05, 0.1) is 12.6 Å². The standard InChI is InChI=1S/C11H21N3O2.C7H7F/c12-9(11(16)14-7-10(13)15)6-8-4-2-1-3-5-8;1-6-3-2-4-7(8)5-6/h8-9H,1-7,12H2,(H2,13,15)(H,14,16);2-5H,1H3. The van der Waals surface area contributed by atoms with Crippen molar-refractivity contribution in [2.45, 2.75) is 51.5 Å². The quantitative estimate of drug-likeness (QED) is 0.766. The summed E-state index contributed by atoms with van der Waals surface area (Å²) in [5.74, 6) is -0.421. The molecule has 0 heterocycles. The van der Waals surface area contributed by atoms with Gasteiger partial charge in [0.1, 0.15) is 5.82 Å². The van der Waals surface area contributed by atoms with E-state index < -0.39 is 11.9 Å². The maximum absolute atomic E-state index is 12.2. The van der Waals surface area contributed by atoms with Gasteiger partial charge in [-0.3, -0.25) is 9.59 Å². The highest BCUT2D eigenvalue weighted by Gasteiger charge is 2.21. The van der Waals surface area contributed by atoms with Crippen LogP contribution in [0.2, 0.25) is 0 Å². The summed E-state index contributed by atoms with van der Waals surface area (Å²) in [5, 5.41) is 2.43. The minimum atomic E-state index is -0.543. The van der Waals surface area contributed by atoms with Gasteiger partial charge in [0.2, 0.25) is 11.8 Å². The van der Waals surface area contributed by atoms with Crippen LogP contribution in [0, 0.1) is 18.7 Å². The number of carbonyl (C=O) groups excluding carboxylic acids is 2. The predicted octanol–water partition coefficient (Wildman–Crippen LogP) is 2.02. The number of aryl methyl sites for hydroxylation is 1. The van der Waals surface area contributed by atoms with Crippen molar-refractivity contribution in [3.8, 4) is 0 Å². The number of nitrogens with two attached hydrogens (primary N) is 2. The van der Waals surface area contributed by atoms with Gasteiger partial charge in [-0.1, -0.05) is 44.2 Å². The first-order chi connectivity index (χ1) is 11.4. The molecule has 1 aliphatic rings. The van der Waals surface area contributed by atoms with Gasteiger partial charge in [-0.15, -0.1) is 0 Å². The zero-order valence-corrected chi connectivity index (χ0v) is 14.3. The van der Waals surface area contributed by atoms with Crippen LogP contribution in [0.15, 0.2) is 24.3 Å². The van der Waals surface area contributed by atoms with E-state index in [0.29, 0.717) is 12.3 Å². The molecule has 6 heteroatoms. The molecule has 5 nitrogen and oxygen atoms in total. The smallest absolute Gasteiger partial charge is 0.237 e. The fourth-order valence-electron chi connectivity index (χ4n) is 2.80. The Kier molecular flexibility index (Phi) is 9.01. The van der Waals surface area contributed by atoms with Crippen molar-refractivity contribution in [1.29, 1.82) is 0 Å². The predicted molar refractivity (Wildman–Crippen MR) is 92.5 cm³/mol. The lowest BCUT2D eigenvalue weighted by Gasteiger charge is -2.23. The number of primary amides is 1. The summed E-state index contributed by atoms with van der Waals surface area (Å²) in [7, 11) is 0. The molecule has 0 spiro atoms. The van der Waals surface area contributed by atoms with E-state index in [2.05, 4.69) is 5.32 Å². The molecule has 134 valence electrons. The summed E-state index contributed by atoms with van der Waals surface area (Å²) in [6, 6.07) is 5.99. The van der Waals surface area contributed by atoms with Gasteiger partial charge < -0.3 is 16.8 Å². The topological polar surface area (TPSA) is 98.2 Å². The Labute approximate surface area is 143 Å². The summed E-state index contributed by atoms with van der Waals surface area (Å²) in [6.07, 6.45) is 6.80. The number of hydrogen-bond donors (Lipinski definition) is 3. The Balaban J connectivity index is 0.000000300. The molecule has 0 radical (unpaired) electrons. The van der Waals surface area contributed by atoms with Gasteiger partial charge in [-0.2, -0.15) is 0 Å². The molecule has 0 aromatic heterocycles. The maximum Gasteiger partial charge on any atom is 0.237 e. The number of rotatable bonds is 5. The van der Waals surface area contributed by atoms with Crippen LogP contribution >= 0.6 is 0 Å². The van der Waals surface area contributed by atoms with Gasteiger partial charge in [-0.05, 0) is 37.0 Å². The normalized spacial score (nSPS) is 15.8. The first kappa shape index (κ1) is 20.1. The number of hydrogen-bond acceptors (Lipinski definition) is 3. The molecule has 1 fully saturated rings. The third-order valence-corrected chi connectivity index (χ3v) is 4.07. The van der Waals surface area contributed by atoms with Crippen LogP contribution < -0.4 is 16.8 Å².